The molecule has 25 heteroatoms. The standard InChI is InChI=1S/C9H7ClN4O2.C9H9ClN4.C5H2Cl2N2O2.C4H6N2.CH2O3.2K.H/c1-6-4-13(5-12-6)9-8(10)2-7(3-11-9)14(15)16;1-6-4-14(5-13-6)9-8(10)2-7(11)3-12-9;6-4-1-3(9(10)11)2-8-5(4)7;1-4-2-5-3-6-4;2-1-4-3;;;/h2-5H,1H3;2-5H,11H2,1H3;1-2H;2-3H,1H3,(H,5,6);1,3H;;;/q;;;;;2*+1;-1/p-1. The number of nitrogen functional groups attached to an aromatic ring is 1. The molecule has 0 saturated carbocycles. The van der Waals surface area contributed by atoms with Crippen LogP contribution in [0.1, 0.15) is 18.5 Å². The Balaban J connectivity index is 0. The second kappa shape index (κ2) is 26.4. The molecule has 6 aromatic rings. The van der Waals surface area contributed by atoms with Gasteiger partial charge < -0.3 is 22.3 Å². The molecule has 6 rings (SSSR count). The number of hydrogen-bond donors (Lipinski definition) is 2. The molecule has 53 heavy (non-hydrogen) atoms. The third-order valence-electron chi connectivity index (χ3n) is 5.44. The number of rotatable bonds is 5. The van der Waals surface area contributed by atoms with E-state index in [1.165, 1.54) is 6.07 Å². The van der Waals surface area contributed by atoms with Gasteiger partial charge in [-0.1, -0.05) is 46.4 Å². The van der Waals surface area contributed by atoms with Gasteiger partial charge >= 0.3 is 103 Å². The molecule has 0 saturated heterocycles. The van der Waals surface area contributed by atoms with Crippen LogP contribution < -0.4 is 114 Å². The number of carbonyl (C=O) groups excluding carboxylic acids is 1. The number of nitrogens with one attached hydrogen (secondary N) is 1. The van der Waals surface area contributed by atoms with E-state index in [1.807, 2.05) is 27.0 Å². The molecule has 0 aliphatic carbocycles. The Morgan fingerprint density at radius 2 is 1.23 bits per heavy atom. The number of imidazole rings is 3. The normalized spacial score (nSPS) is 9.28. The van der Waals surface area contributed by atoms with Crippen LogP contribution in [-0.2, 0) is 9.68 Å². The number of H-pyrrole nitrogens is 1. The summed E-state index contributed by atoms with van der Waals surface area (Å²) in [5.41, 5.74) is 8.63. The molecule has 6 aromatic heterocycles. The number of carbonyl (C=O) groups is 1. The smallest absolute Gasteiger partial charge is 1.00 e. The van der Waals surface area contributed by atoms with Crippen molar-refractivity contribution >= 4 is 69.9 Å². The van der Waals surface area contributed by atoms with Gasteiger partial charge in [0.25, 0.3) is 17.8 Å². The molecule has 0 amide bonds. The number of aromatic nitrogens is 9. The van der Waals surface area contributed by atoms with Crippen molar-refractivity contribution < 1.29 is 129 Å². The minimum atomic E-state index is -0.588. The van der Waals surface area contributed by atoms with Crippen LogP contribution in [0, 0.1) is 41.0 Å². The zero-order valence-corrected chi connectivity index (χ0v) is 37.7. The summed E-state index contributed by atoms with van der Waals surface area (Å²) < 4.78 is 3.37. The van der Waals surface area contributed by atoms with Gasteiger partial charge in [0.1, 0.15) is 30.2 Å². The maximum Gasteiger partial charge on any atom is 1.00 e. The predicted molar refractivity (Wildman–Crippen MR) is 186 cm³/mol. The summed E-state index contributed by atoms with van der Waals surface area (Å²) in [5.74, 6) is 1.06. The third kappa shape index (κ3) is 18.2. The number of aromatic amines is 1. The third-order valence-corrected chi connectivity index (χ3v) is 6.68. The van der Waals surface area contributed by atoms with E-state index in [2.05, 4.69) is 39.8 Å². The fraction of sp³-hybridized carbons (Fsp3) is 0.107. The summed E-state index contributed by atoms with van der Waals surface area (Å²) in [6.07, 6.45) is 14.0. The fourth-order valence-corrected chi connectivity index (χ4v) is 4.05. The number of aryl methyl sites for hydroxylation is 3. The van der Waals surface area contributed by atoms with Gasteiger partial charge in [0.15, 0.2) is 11.6 Å². The predicted octanol–water partition coefficient (Wildman–Crippen LogP) is -0.481. The Kier molecular flexibility index (Phi) is 25.1. The van der Waals surface area contributed by atoms with Crippen LogP contribution in [0.3, 0.4) is 0 Å². The Morgan fingerprint density at radius 3 is 1.55 bits per heavy atom. The van der Waals surface area contributed by atoms with E-state index in [0.717, 1.165) is 35.5 Å². The van der Waals surface area contributed by atoms with Crippen molar-refractivity contribution in [2.24, 2.45) is 0 Å². The largest absolute Gasteiger partial charge is 1.00 e. The number of pyridine rings is 3. The Morgan fingerprint density at radius 1 is 0.774 bits per heavy atom. The Bertz CT molecular complexity index is 2060. The van der Waals surface area contributed by atoms with Crippen molar-refractivity contribution in [2.75, 3.05) is 5.73 Å². The second-order valence-electron chi connectivity index (χ2n) is 9.33. The van der Waals surface area contributed by atoms with Gasteiger partial charge in [0.2, 0.25) is 0 Å². The van der Waals surface area contributed by atoms with Crippen molar-refractivity contribution in [1.82, 2.24) is 44.0 Å². The van der Waals surface area contributed by atoms with E-state index in [9.17, 15) is 20.2 Å². The van der Waals surface area contributed by atoms with Crippen molar-refractivity contribution in [2.45, 2.75) is 20.8 Å². The quantitative estimate of drug-likeness (QED) is 0.0554. The molecule has 0 spiro atoms. The van der Waals surface area contributed by atoms with Crippen LogP contribution in [0.2, 0.25) is 20.2 Å². The SMILES string of the molecule is Cc1cn(-c2ncc(N)cc2Cl)cn1.Cc1cn(-c2ncc([N+](=O)[O-])cc2Cl)cn1.Cc1cnc[nH]1.O=CO[O-].O=[N+]([O-])c1cnc(Cl)c(Cl)c1.[H-].[K+].[K+]. The summed E-state index contributed by atoms with van der Waals surface area (Å²) in [4.78, 5) is 57.1. The topological polar surface area (TPSA) is 265 Å². The van der Waals surface area contributed by atoms with Gasteiger partial charge in [-0.05, 0) is 26.8 Å². The molecule has 0 aliphatic heterocycles. The van der Waals surface area contributed by atoms with Crippen molar-refractivity contribution in [3.05, 3.63) is 132 Å². The average molecular weight is 863 g/mol. The monoisotopic (exact) mass is 860 g/mol. The first-order valence-electron chi connectivity index (χ1n) is 13.5. The Labute approximate surface area is 407 Å². The first-order valence-corrected chi connectivity index (χ1v) is 15.0. The van der Waals surface area contributed by atoms with E-state index >= 15 is 0 Å². The van der Waals surface area contributed by atoms with Gasteiger partial charge in [-0.25, -0.2) is 29.9 Å². The number of halogens is 4. The maximum atomic E-state index is 10.5. The molecule has 0 bridgehead atoms. The molecular formula is C28H26Cl4K2N12O7. The molecule has 0 radical (unpaired) electrons. The molecular weight excluding hydrogens is 836 g/mol. The summed E-state index contributed by atoms with van der Waals surface area (Å²) in [6, 6.07) is 4.08. The molecule has 6 heterocycles. The fourth-order valence-electron chi connectivity index (χ4n) is 3.26. The first-order chi connectivity index (χ1) is 24.2. The van der Waals surface area contributed by atoms with E-state index in [-0.39, 0.29) is 137 Å². The molecule has 3 N–H and O–H groups in total. The van der Waals surface area contributed by atoms with Crippen molar-refractivity contribution in [1.29, 1.82) is 0 Å². The number of hydrogen-bond acceptors (Lipinski definition) is 14. The summed E-state index contributed by atoms with van der Waals surface area (Å²) in [6.45, 7) is 5.52. The zero-order valence-electron chi connectivity index (χ0n) is 29.4. The van der Waals surface area contributed by atoms with E-state index in [0.29, 0.717) is 22.3 Å². The van der Waals surface area contributed by atoms with Crippen LogP contribution in [0.5, 0.6) is 0 Å². The van der Waals surface area contributed by atoms with Crippen LogP contribution in [0.15, 0.2) is 74.4 Å². The number of nitrogens with zero attached hydrogens (tertiary/aromatic N) is 10. The van der Waals surface area contributed by atoms with Crippen molar-refractivity contribution in [3.63, 3.8) is 0 Å². The van der Waals surface area contributed by atoms with Crippen LogP contribution in [0.25, 0.3) is 11.6 Å². The molecule has 0 aliphatic rings. The summed E-state index contributed by atoms with van der Waals surface area (Å²) >= 11 is 22.8. The van der Waals surface area contributed by atoms with E-state index in [4.69, 9.17) is 62.2 Å². The van der Waals surface area contributed by atoms with Crippen LogP contribution in [-0.4, -0.2) is 60.3 Å². The van der Waals surface area contributed by atoms with Crippen molar-refractivity contribution in [3.8, 4) is 11.6 Å². The molecule has 270 valence electrons. The minimum Gasteiger partial charge on any atom is -1.00 e. The zero-order chi connectivity index (χ0) is 38.1. The Hall–Kier alpha value is -2.46. The first kappa shape index (κ1) is 50.5. The molecule has 0 fully saturated rings. The average Bonchev–Trinajstić information content (AvgIpc) is 3.86. The number of anilines is 1. The van der Waals surface area contributed by atoms with Crippen LogP contribution >= 0.6 is 46.4 Å². The van der Waals surface area contributed by atoms with Gasteiger partial charge in [0, 0.05) is 36.4 Å². The van der Waals surface area contributed by atoms with E-state index < -0.39 is 9.85 Å². The maximum absolute atomic E-state index is 10.5. The number of nitro groups is 2. The van der Waals surface area contributed by atoms with Crippen LogP contribution in [0.4, 0.5) is 17.1 Å². The van der Waals surface area contributed by atoms with Gasteiger partial charge in [0.05, 0.1) is 54.5 Å². The van der Waals surface area contributed by atoms with Gasteiger partial charge in [-0.2, -0.15) is 0 Å². The molecule has 0 atom stereocenters. The summed E-state index contributed by atoms with van der Waals surface area (Å²) in [7, 11) is 0. The van der Waals surface area contributed by atoms with Gasteiger partial charge in [-0.15, -0.1) is 0 Å². The second-order valence-corrected chi connectivity index (χ2v) is 10.9. The van der Waals surface area contributed by atoms with Gasteiger partial charge in [-0.3, -0.25) is 34.2 Å². The summed E-state index contributed by atoms with van der Waals surface area (Å²) in [5, 5.41) is 29.9. The molecule has 19 nitrogen and oxygen atoms in total. The van der Waals surface area contributed by atoms with E-state index in [1.54, 1.807) is 52.8 Å². The molecule has 0 aromatic carbocycles. The number of nitrogens with two attached hydrogens (primary N) is 1. The minimum absolute atomic E-state index is 0. The molecule has 0 unspecified atom stereocenters.